The van der Waals surface area contributed by atoms with E-state index >= 15 is 0 Å². The van der Waals surface area contributed by atoms with Crippen LogP contribution in [-0.4, -0.2) is 37.1 Å². The fraction of sp³-hybridized carbons (Fsp3) is 0.320. The van der Waals surface area contributed by atoms with Gasteiger partial charge >= 0.3 is 0 Å². The molecule has 1 aliphatic carbocycles. The Morgan fingerprint density at radius 3 is 2.61 bits per heavy atom. The lowest BCUT2D eigenvalue weighted by Crippen LogP contribution is -2.14. The molecule has 0 saturated heterocycles. The number of hydrogen-bond acceptors (Lipinski definition) is 9. The van der Waals surface area contributed by atoms with Crippen LogP contribution in [0.15, 0.2) is 48.7 Å². The standard InChI is InChI=1S/C25H23FN6O2S2/c26-19-7-2-1-6-18(19)20(33)14-23-30-29-22(35-23)12-15-8-9-16(11-15)24-31-32-25(36-24)28-21(34)13-17-5-3-4-10-27-17/h1-7,10,15-16H,8-9,11-14H2,(H,28,32,34)/t15-,16+/m0/s1. The van der Waals surface area contributed by atoms with E-state index in [0.717, 1.165) is 35.7 Å². The van der Waals surface area contributed by atoms with Gasteiger partial charge in [0.15, 0.2) is 5.78 Å². The molecule has 36 heavy (non-hydrogen) atoms. The zero-order valence-corrected chi connectivity index (χ0v) is 20.9. The van der Waals surface area contributed by atoms with Crippen LogP contribution in [0.4, 0.5) is 9.52 Å². The van der Waals surface area contributed by atoms with Crippen LogP contribution < -0.4 is 5.32 Å². The van der Waals surface area contributed by atoms with Gasteiger partial charge in [0.05, 0.1) is 18.4 Å². The number of nitrogens with zero attached hydrogens (tertiary/aromatic N) is 5. The Morgan fingerprint density at radius 2 is 1.78 bits per heavy atom. The third-order valence-corrected chi connectivity index (χ3v) is 8.05. The topological polar surface area (TPSA) is 111 Å². The number of hydrogen-bond donors (Lipinski definition) is 1. The average Bonchev–Trinajstić information content (AvgIpc) is 3.62. The molecule has 1 amide bonds. The van der Waals surface area contributed by atoms with E-state index in [1.54, 1.807) is 18.3 Å². The second kappa shape index (κ2) is 11.1. The molecule has 2 atom stereocenters. The fourth-order valence-corrected chi connectivity index (χ4v) is 6.24. The number of Topliss-reactive ketones (excluding diaryl/α,β-unsaturated/α-hetero) is 1. The summed E-state index contributed by atoms with van der Waals surface area (Å²) in [5.74, 6) is -0.248. The van der Waals surface area contributed by atoms with Crippen molar-refractivity contribution in [2.75, 3.05) is 5.32 Å². The molecule has 4 aromatic rings. The molecular weight excluding hydrogens is 499 g/mol. The predicted octanol–water partition coefficient (Wildman–Crippen LogP) is 4.66. The molecule has 0 spiro atoms. The molecule has 3 aromatic heterocycles. The smallest absolute Gasteiger partial charge is 0.232 e. The van der Waals surface area contributed by atoms with Crippen LogP contribution >= 0.6 is 22.7 Å². The second-order valence-corrected chi connectivity index (χ2v) is 10.9. The number of aromatic nitrogens is 5. The molecule has 184 valence electrons. The average molecular weight is 523 g/mol. The highest BCUT2D eigenvalue weighted by atomic mass is 32.1. The van der Waals surface area contributed by atoms with Crippen molar-refractivity contribution in [2.24, 2.45) is 5.92 Å². The maximum atomic E-state index is 13.9. The molecule has 1 fully saturated rings. The van der Waals surface area contributed by atoms with E-state index in [0.29, 0.717) is 27.7 Å². The molecule has 0 unspecified atom stereocenters. The molecule has 3 heterocycles. The molecule has 1 saturated carbocycles. The van der Waals surface area contributed by atoms with Crippen molar-refractivity contribution in [3.8, 4) is 0 Å². The van der Waals surface area contributed by atoms with Crippen molar-refractivity contribution in [1.29, 1.82) is 0 Å². The van der Waals surface area contributed by atoms with Crippen molar-refractivity contribution in [2.45, 2.75) is 44.4 Å². The molecule has 11 heteroatoms. The Hall–Kier alpha value is -3.44. The number of nitrogens with one attached hydrogen (secondary N) is 1. The summed E-state index contributed by atoms with van der Waals surface area (Å²) in [6.45, 7) is 0. The fourth-order valence-electron chi connectivity index (χ4n) is 4.37. The van der Waals surface area contributed by atoms with Crippen LogP contribution in [0.3, 0.4) is 0 Å². The number of halogens is 1. The van der Waals surface area contributed by atoms with Gasteiger partial charge in [-0.3, -0.25) is 14.6 Å². The van der Waals surface area contributed by atoms with Gasteiger partial charge in [0.1, 0.15) is 20.8 Å². The number of pyridine rings is 1. The van der Waals surface area contributed by atoms with Gasteiger partial charge < -0.3 is 5.32 Å². The summed E-state index contributed by atoms with van der Waals surface area (Å²) in [5.41, 5.74) is 0.784. The van der Waals surface area contributed by atoms with E-state index in [4.69, 9.17) is 0 Å². The minimum Gasteiger partial charge on any atom is -0.300 e. The molecule has 1 aliphatic rings. The quantitative estimate of drug-likeness (QED) is 0.318. The van der Waals surface area contributed by atoms with E-state index in [2.05, 4.69) is 30.7 Å². The second-order valence-electron chi connectivity index (χ2n) is 8.74. The normalized spacial score (nSPS) is 17.2. The van der Waals surface area contributed by atoms with Gasteiger partial charge in [-0.25, -0.2) is 4.39 Å². The maximum Gasteiger partial charge on any atom is 0.232 e. The number of rotatable bonds is 9. The SMILES string of the molecule is O=C(Cc1ccccn1)Nc1nnc([C@@H]2CC[C@H](Cc3nnc(CC(=O)c4ccccc4F)s3)C2)s1. The number of carbonyl (C=O) groups is 2. The predicted molar refractivity (Wildman–Crippen MR) is 135 cm³/mol. The van der Waals surface area contributed by atoms with Gasteiger partial charge in [-0.1, -0.05) is 29.5 Å². The number of benzene rings is 1. The first-order valence-electron chi connectivity index (χ1n) is 11.7. The zero-order valence-electron chi connectivity index (χ0n) is 19.3. The van der Waals surface area contributed by atoms with Crippen molar-refractivity contribution in [3.05, 3.63) is 80.8 Å². The van der Waals surface area contributed by atoms with Gasteiger partial charge in [-0.05, 0) is 49.4 Å². The lowest BCUT2D eigenvalue weighted by molar-refractivity contribution is -0.115. The summed E-state index contributed by atoms with van der Waals surface area (Å²) in [5, 5.41) is 22.6. The van der Waals surface area contributed by atoms with Crippen LogP contribution in [0, 0.1) is 11.7 Å². The molecule has 1 N–H and O–H groups in total. The van der Waals surface area contributed by atoms with Gasteiger partial charge in [0.2, 0.25) is 11.0 Å². The summed E-state index contributed by atoms with van der Waals surface area (Å²) in [6, 6.07) is 11.5. The summed E-state index contributed by atoms with van der Waals surface area (Å²) in [4.78, 5) is 28.8. The van der Waals surface area contributed by atoms with E-state index in [1.807, 2.05) is 18.2 Å². The molecule has 8 nitrogen and oxygen atoms in total. The summed E-state index contributed by atoms with van der Waals surface area (Å²) in [7, 11) is 0. The number of anilines is 1. The summed E-state index contributed by atoms with van der Waals surface area (Å²) < 4.78 is 13.9. The van der Waals surface area contributed by atoms with Crippen LogP contribution in [0.2, 0.25) is 0 Å². The van der Waals surface area contributed by atoms with E-state index < -0.39 is 5.82 Å². The molecule has 0 bridgehead atoms. The zero-order chi connectivity index (χ0) is 24.9. The van der Waals surface area contributed by atoms with Crippen molar-refractivity contribution in [1.82, 2.24) is 25.4 Å². The van der Waals surface area contributed by atoms with E-state index in [9.17, 15) is 14.0 Å². The highest BCUT2D eigenvalue weighted by Crippen LogP contribution is 2.41. The molecule has 0 radical (unpaired) electrons. The molecular formula is C25H23FN6O2S2. The van der Waals surface area contributed by atoms with Crippen LogP contribution in [0.25, 0.3) is 0 Å². The third-order valence-electron chi connectivity index (χ3n) is 6.10. The minimum atomic E-state index is -0.517. The monoisotopic (exact) mass is 522 g/mol. The van der Waals surface area contributed by atoms with Crippen LogP contribution in [-0.2, 0) is 24.1 Å². The van der Waals surface area contributed by atoms with Crippen LogP contribution in [0.1, 0.15) is 56.3 Å². The Labute approximate surface area is 215 Å². The van der Waals surface area contributed by atoms with Crippen molar-refractivity contribution >= 4 is 39.5 Å². The highest BCUT2D eigenvalue weighted by Gasteiger charge is 2.30. The van der Waals surface area contributed by atoms with Gasteiger partial charge in [-0.2, -0.15) is 0 Å². The van der Waals surface area contributed by atoms with Crippen molar-refractivity contribution < 1.29 is 14.0 Å². The lowest BCUT2D eigenvalue weighted by atomic mass is 10.0. The Bertz CT molecular complexity index is 1360. The van der Waals surface area contributed by atoms with Gasteiger partial charge in [-0.15, -0.1) is 31.7 Å². The minimum absolute atomic E-state index is 0.0471. The van der Waals surface area contributed by atoms with Gasteiger partial charge in [0.25, 0.3) is 0 Å². The summed E-state index contributed by atoms with van der Waals surface area (Å²) >= 11 is 2.83. The van der Waals surface area contributed by atoms with Crippen molar-refractivity contribution in [3.63, 3.8) is 0 Å². The largest absolute Gasteiger partial charge is 0.300 e. The molecule has 0 aliphatic heterocycles. The Balaban J connectivity index is 1.12. The van der Waals surface area contributed by atoms with Crippen LogP contribution in [0.5, 0.6) is 0 Å². The Kier molecular flexibility index (Phi) is 7.47. The van der Waals surface area contributed by atoms with Gasteiger partial charge in [0, 0.05) is 24.2 Å². The maximum absolute atomic E-state index is 13.9. The summed E-state index contributed by atoms with van der Waals surface area (Å²) in [6.07, 6.45) is 5.68. The van der Waals surface area contributed by atoms with E-state index in [-0.39, 0.29) is 30.1 Å². The molecule has 1 aromatic carbocycles. The number of amides is 1. The Morgan fingerprint density at radius 1 is 0.944 bits per heavy atom. The van der Waals surface area contributed by atoms with E-state index in [1.165, 1.54) is 34.8 Å². The lowest BCUT2D eigenvalue weighted by Gasteiger charge is -2.07. The highest BCUT2D eigenvalue weighted by molar-refractivity contribution is 7.15. The third kappa shape index (κ3) is 6.03. The number of carbonyl (C=O) groups excluding carboxylic acids is 2. The first-order valence-corrected chi connectivity index (χ1v) is 13.3. The number of ketones is 1. The first-order chi connectivity index (χ1) is 17.5. The first kappa shape index (κ1) is 24.3. The molecule has 5 rings (SSSR count).